The number of amides is 1. The summed E-state index contributed by atoms with van der Waals surface area (Å²) < 4.78 is 23.3. The minimum Gasteiger partial charge on any atom is -0.298 e. The molecule has 0 radical (unpaired) electrons. The summed E-state index contributed by atoms with van der Waals surface area (Å²) >= 11 is 1.33. The van der Waals surface area contributed by atoms with Gasteiger partial charge in [0.25, 0.3) is 5.91 Å². The van der Waals surface area contributed by atoms with Gasteiger partial charge in [0.1, 0.15) is 0 Å². The Hall–Kier alpha value is -2.51. The van der Waals surface area contributed by atoms with Crippen LogP contribution in [-0.4, -0.2) is 25.6 Å². The van der Waals surface area contributed by atoms with Crippen molar-refractivity contribution >= 4 is 32.2 Å². The van der Waals surface area contributed by atoms with Gasteiger partial charge >= 0.3 is 0 Å². The van der Waals surface area contributed by atoms with Crippen LogP contribution in [-0.2, 0) is 15.3 Å². The van der Waals surface area contributed by atoms with Crippen molar-refractivity contribution < 1.29 is 13.2 Å². The molecule has 3 rings (SSSR count). The third kappa shape index (κ3) is 4.66. The minimum absolute atomic E-state index is 0.0836. The highest BCUT2D eigenvalue weighted by atomic mass is 32.2. The Morgan fingerprint density at radius 2 is 1.75 bits per heavy atom. The van der Waals surface area contributed by atoms with Gasteiger partial charge in [-0.15, -0.1) is 11.3 Å². The van der Waals surface area contributed by atoms with E-state index >= 15 is 0 Å². The van der Waals surface area contributed by atoms with E-state index in [1.54, 1.807) is 12.1 Å². The number of nitrogens with zero attached hydrogens (tertiary/aromatic N) is 1. The summed E-state index contributed by atoms with van der Waals surface area (Å²) in [6.45, 7) is 6.49. The van der Waals surface area contributed by atoms with E-state index in [-0.39, 0.29) is 15.9 Å². The topological polar surface area (TPSA) is 76.1 Å². The zero-order valence-corrected chi connectivity index (χ0v) is 17.8. The molecular formula is C21H22N2O3S2. The van der Waals surface area contributed by atoms with Crippen LogP contribution in [0.4, 0.5) is 5.13 Å². The van der Waals surface area contributed by atoms with Crippen molar-refractivity contribution in [1.29, 1.82) is 0 Å². The Bertz CT molecular complexity index is 1110. The Balaban J connectivity index is 1.77. The van der Waals surface area contributed by atoms with Crippen LogP contribution in [0.3, 0.4) is 0 Å². The van der Waals surface area contributed by atoms with Crippen molar-refractivity contribution in [2.24, 2.45) is 0 Å². The number of rotatable bonds is 4. The molecule has 1 heterocycles. The number of sulfone groups is 1. The van der Waals surface area contributed by atoms with Gasteiger partial charge < -0.3 is 0 Å². The van der Waals surface area contributed by atoms with E-state index in [1.807, 2.05) is 17.5 Å². The summed E-state index contributed by atoms with van der Waals surface area (Å²) in [6.07, 6.45) is 1.11. The van der Waals surface area contributed by atoms with E-state index in [2.05, 4.69) is 43.2 Å². The molecule has 0 bridgehead atoms. The Labute approximate surface area is 169 Å². The molecule has 28 heavy (non-hydrogen) atoms. The average Bonchev–Trinajstić information content (AvgIpc) is 3.09. The highest BCUT2D eigenvalue weighted by molar-refractivity contribution is 7.90. The lowest BCUT2D eigenvalue weighted by molar-refractivity contribution is 0.102. The van der Waals surface area contributed by atoms with Crippen LogP contribution in [0.25, 0.3) is 11.3 Å². The van der Waals surface area contributed by atoms with Crippen molar-refractivity contribution in [3.8, 4) is 11.3 Å². The second-order valence-corrected chi connectivity index (χ2v) is 10.5. The van der Waals surface area contributed by atoms with E-state index in [4.69, 9.17) is 0 Å². The molecule has 1 N–H and O–H groups in total. The zero-order valence-electron chi connectivity index (χ0n) is 16.2. The predicted molar refractivity (Wildman–Crippen MR) is 114 cm³/mol. The van der Waals surface area contributed by atoms with Gasteiger partial charge in [0.2, 0.25) is 0 Å². The van der Waals surface area contributed by atoms with E-state index in [1.165, 1.54) is 29.0 Å². The largest absolute Gasteiger partial charge is 0.298 e. The van der Waals surface area contributed by atoms with Crippen molar-refractivity contribution in [3.05, 3.63) is 65.0 Å². The third-order valence-electron chi connectivity index (χ3n) is 4.30. The maximum atomic E-state index is 12.5. The number of carbonyl (C=O) groups excluding carboxylic acids is 1. The van der Waals surface area contributed by atoms with Gasteiger partial charge in [-0.1, -0.05) is 51.1 Å². The monoisotopic (exact) mass is 414 g/mol. The number of thiazole rings is 1. The third-order valence-corrected chi connectivity index (χ3v) is 6.16. The molecule has 146 valence electrons. The van der Waals surface area contributed by atoms with Crippen LogP contribution < -0.4 is 5.32 Å². The molecule has 0 fully saturated rings. The molecule has 5 nitrogen and oxygen atoms in total. The highest BCUT2D eigenvalue weighted by Gasteiger charge is 2.15. The fraction of sp³-hybridized carbons (Fsp3) is 0.238. The van der Waals surface area contributed by atoms with Crippen LogP contribution in [0.1, 0.15) is 36.7 Å². The molecule has 0 saturated carbocycles. The van der Waals surface area contributed by atoms with Gasteiger partial charge in [0.05, 0.1) is 10.6 Å². The van der Waals surface area contributed by atoms with Crippen molar-refractivity contribution in [1.82, 2.24) is 4.98 Å². The lowest BCUT2D eigenvalue weighted by atomic mass is 9.86. The summed E-state index contributed by atoms with van der Waals surface area (Å²) in [7, 11) is -3.37. The lowest BCUT2D eigenvalue weighted by Crippen LogP contribution is -2.12. The van der Waals surface area contributed by atoms with Crippen LogP contribution in [0, 0.1) is 0 Å². The molecule has 1 aromatic heterocycles. The number of carbonyl (C=O) groups is 1. The van der Waals surface area contributed by atoms with Crippen molar-refractivity contribution in [2.45, 2.75) is 31.1 Å². The van der Waals surface area contributed by atoms with Crippen LogP contribution >= 0.6 is 11.3 Å². The SMILES string of the molecule is CC(C)(C)c1ccc(-c2csc(NC(=O)c3cccc(S(C)(=O)=O)c3)n2)cc1. The second kappa shape index (κ2) is 7.48. The molecule has 0 aliphatic carbocycles. The first kappa shape index (κ1) is 20.2. The molecule has 3 aromatic rings. The number of anilines is 1. The summed E-state index contributed by atoms with van der Waals surface area (Å²) in [4.78, 5) is 17.0. The summed E-state index contributed by atoms with van der Waals surface area (Å²) in [5, 5.41) is 5.08. The maximum Gasteiger partial charge on any atom is 0.257 e. The minimum atomic E-state index is -3.37. The molecule has 0 saturated heterocycles. The Morgan fingerprint density at radius 3 is 2.36 bits per heavy atom. The molecular weight excluding hydrogens is 392 g/mol. The Morgan fingerprint density at radius 1 is 1.07 bits per heavy atom. The first-order chi connectivity index (χ1) is 13.0. The first-order valence-electron chi connectivity index (χ1n) is 8.72. The quantitative estimate of drug-likeness (QED) is 0.668. The van der Waals surface area contributed by atoms with Crippen LogP contribution in [0.15, 0.2) is 58.8 Å². The maximum absolute atomic E-state index is 12.5. The molecule has 0 atom stereocenters. The van der Waals surface area contributed by atoms with Gasteiger partial charge in [-0.2, -0.15) is 0 Å². The van der Waals surface area contributed by atoms with Crippen molar-refractivity contribution in [2.75, 3.05) is 11.6 Å². The average molecular weight is 415 g/mol. The van der Waals surface area contributed by atoms with Gasteiger partial charge in [-0.25, -0.2) is 13.4 Å². The van der Waals surface area contributed by atoms with Crippen molar-refractivity contribution in [3.63, 3.8) is 0 Å². The number of nitrogens with one attached hydrogen (secondary N) is 1. The summed E-state index contributed by atoms with van der Waals surface area (Å²) in [5.41, 5.74) is 3.36. The number of hydrogen-bond acceptors (Lipinski definition) is 5. The fourth-order valence-corrected chi connectivity index (χ4v) is 4.02. The summed E-state index contributed by atoms with van der Waals surface area (Å²) in [5.74, 6) is -0.394. The molecule has 0 spiro atoms. The number of benzene rings is 2. The zero-order chi connectivity index (χ0) is 20.5. The highest BCUT2D eigenvalue weighted by Crippen LogP contribution is 2.28. The lowest BCUT2D eigenvalue weighted by Gasteiger charge is -2.18. The van der Waals surface area contributed by atoms with E-state index in [0.717, 1.165) is 17.5 Å². The van der Waals surface area contributed by atoms with E-state index < -0.39 is 15.7 Å². The predicted octanol–water partition coefficient (Wildman–Crippen LogP) is 4.76. The molecule has 2 aromatic carbocycles. The standard InChI is InChI=1S/C21H22N2O3S2/c1-21(2,3)16-10-8-14(9-11-16)18-13-27-20(22-18)23-19(24)15-6-5-7-17(12-15)28(4,25)26/h5-13H,1-4H3,(H,22,23,24). The summed E-state index contributed by atoms with van der Waals surface area (Å²) in [6, 6.07) is 14.2. The van der Waals surface area contributed by atoms with Crippen LogP contribution in [0.5, 0.6) is 0 Å². The van der Waals surface area contributed by atoms with Gasteiger partial charge in [-0.05, 0) is 29.2 Å². The first-order valence-corrected chi connectivity index (χ1v) is 11.5. The number of aromatic nitrogens is 1. The van der Waals surface area contributed by atoms with Gasteiger partial charge in [0, 0.05) is 22.8 Å². The normalized spacial score (nSPS) is 12.0. The molecule has 7 heteroatoms. The fourth-order valence-electron chi connectivity index (χ4n) is 2.64. The molecule has 1 amide bonds. The second-order valence-electron chi connectivity index (χ2n) is 7.62. The molecule has 0 aliphatic heterocycles. The molecule has 0 unspecified atom stereocenters. The van der Waals surface area contributed by atoms with Crippen LogP contribution in [0.2, 0.25) is 0 Å². The van der Waals surface area contributed by atoms with Gasteiger partial charge in [0.15, 0.2) is 15.0 Å². The Kier molecular flexibility index (Phi) is 5.41. The molecule has 0 aliphatic rings. The van der Waals surface area contributed by atoms with E-state index in [0.29, 0.717) is 5.13 Å². The number of hydrogen-bond donors (Lipinski definition) is 1. The van der Waals surface area contributed by atoms with E-state index in [9.17, 15) is 13.2 Å². The smallest absolute Gasteiger partial charge is 0.257 e. The van der Waals surface area contributed by atoms with Gasteiger partial charge in [-0.3, -0.25) is 10.1 Å².